The van der Waals surface area contributed by atoms with Crippen LogP contribution in [0.5, 0.6) is 0 Å². The van der Waals surface area contributed by atoms with E-state index in [0.717, 1.165) is 19.0 Å². The molecule has 3 heterocycles. The zero-order valence-electron chi connectivity index (χ0n) is 10.5. The molecule has 2 atom stereocenters. The minimum absolute atomic E-state index is 0.138. The van der Waals surface area contributed by atoms with E-state index in [-0.39, 0.29) is 11.5 Å². The van der Waals surface area contributed by atoms with Crippen molar-refractivity contribution in [3.8, 4) is 0 Å². The van der Waals surface area contributed by atoms with Gasteiger partial charge in [0.1, 0.15) is 11.9 Å². The number of pyridine rings is 1. The van der Waals surface area contributed by atoms with Crippen molar-refractivity contribution in [3.05, 3.63) is 29.8 Å². The standard InChI is InChI=1S/C13H15FN2O3/c1-13-3-8(4-13)10(16(13)12(18)19)11(17)7-2-9(14)6-15-5-7/h2,5-6,8,10-11,17H,3-4H2,1H3,(H,18,19)/t8?,10?,11-,13?/m1/s1. The molecule has 3 fully saturated rings. The Morgan fingerprint density at radius 1 is 1.58 bits per heavy atom. The van der Waals surface area contributed by atoms with Crippen molar-refractivity contribution in [1.82, 2.24) is 9.88 Å². The van der Waals surface area contributed by atoms with Crippen molar-refractivity contribution in [1.29, 1.82) is 0 Å². The molecule has 1 amide bonds. The van der Waals surface area contributed by atoms with Crippen LogP contribution in [0.15, 0.2) is 18.5 Å². The number of amides is 1. The topological polar surface area (TPSA) is 73.7 Å². The van der Waals surface area contributed by atoms with E-state index >= 15 is 0 Å². The van der Waals surface area contributed by atoms with E-state index in [2.05, 4.69) is 4.98 Å². The highest BCUT2D eigenvalue weighted by atomic mass is 19.1. The summed E-state index contributed by atoms with van der Waals surface area (Å²) < 4.78 is 13.1. The van der Waals surface area contributed by atoms with E-state index in [9.17, 15) is 19.4 Å². The van der Waals surface area contributed by atoms with Crippen LogP contribution >= 0.6 is 0 Å². The zero-order valence-corrected chi connectivity index (χ0v) is 10.5. The van der Waals surface area contributed by atoms with Crippen molar-refractivity contribution in [2.24, 2.45) is 5.92 Å². The van der Waals surface area contributed by atoms with Crippen molar-refractivity contribution >= 4 is 6.09 Å². The van der Waals surface area contributed by atoms with Crippen LogP contribution in [0.2, 0.25) is 0 Å². The number of fused-ring (bicyclic) bond motifs is 1. The Balaban J connectivity index is 1.92. The van der Waals surface area contributed by atoms with Crippen LogP contribution in [-0.2, 0) is 0 Å². The van der Waals surface area contributed by atoms with Gasteiger partial charge >= 0.3 is 6.09 Å². The second-order valence-electron chi connectivity index (χ2n) is 5.69. The predicted octanol–water partition coefficient (Wildman–Crippen LogP) is 1.78. The molecule has 1 aliphatic carbocycles. The molecule has 6 heteroatoms. The Morgan fingerprint density at radius 3 is 2.84 bits per heavy atom. The van der Waals surface area contributed by atoms with E-state index in [4.69, 9.17) is 0 Å². The van der Waals surface area contributed by atoms with Crippen molar-refractivity contribution in [2.45, 2.75) is 37.5 Å². The van der Waals surface area contributed by atoms with Gasteiger partial charge in [0, 0.05) is 17.3 Å². The van der Waals surface area contributed by atoms with Crippen LogP contribution in [0.3, 0.4) is 0 Å². The molecule has 0 radical (unpaired) electrons. The highest BCUT2D eigenvalue weighted by Gasteiger charge is 2.62. The van der Waals surface area contributed by atoms with Crippen LogP contribution < -0.4 is 0 Å². The summed E-state index contributed by atoms with van der Waals surface area (Å²) in [6, 6.07) is 0.696. The summed E-state index contributed by atoms with van der Waals surface area (Å²) in [6.45, 7) is 1.88. The molecule has 2 aliphatic heterocycles. The molecule has 102 valence electrons. The van der Waals surface area contributed by atoms with Crippen LogP contribution in [0.4, 0.5) is 9.18 Å². The molecule has 1 aromatic rings. The lowest BCUT2D eigenvalue weighted by Gasteiger charge is -2.37. The first-order valence-electron chi connectivity index (χ1n) is 6.23. The molecular formula is C13H15FN2O3. The molecule has 1 saturated carbocycles. The fourth-order valence-corrected chi connectivity index (χ4v) is 3.62. The Hall–Kier alpha value is -1.69. The molecule has 0 aromatic carbocycles. The molecule has 1 unspecified atom stereocenters. The number of hydrogen-bond acceptors (Lipinski definition) is 3. The number of carbonyl (C=O) groups is 1. The van der Waals surface area contributed by atoms with Gasteiger partial charge in [0.25, 0.3) is 0 Å². The summed E-state index contributed by atoms with van der Waals surface area (Å²) in [5.41, 5.74) is -0.0597. The van der Waals surface area contributed by atoms with Crippen molar-refractivity contribution < 1.29 is 19.4 Å². The molecule has 1 aromatic heterocycles. The number of nitrogens with zero attached hydrogens (tertiary/aromatic N) is 2. The third-order valence-corrected chi connectivity index (χ3v) is 4.36. The molecular weight excluding hydrogens is 251 g/mol. The van der Waals surface area contributed by atoms with E-state index in [1.807, 2.05) is 6.92 Å². The second-order valence-corrected chi connectivity index (χ2v) is 5.69. The maximum absolute atomic E-state index is 13.1. The SMILES string of the molecule is CC12CC(C1)C([C@H](O)c1cncc(F)c1)N2C(=O)O. The van der Waals surface area contributed by atoms with Crippen LogP contribution in [0.25, 0.3) is 0 Å². The predicted molar refractivity (Wildman–Crippen MR) is 63.9 cm³/mol. The van der Waals surface area contributed by atoms with Gasteiger partial charge in [-0.3, -0.25) is 9.88 Å². The average Bonchev–Trinajstić information content (AvgIpc) is 2.76. The van der Waals surface area contributed by atoms with Gasteiger partial charge in [0.05, 0.1) is 12.2 Å². The normalized spacial score (nSPS) is 33.9. The van der Waals surface area contributed by atoms with Crippen LogP contribution in [-0.4, -0.2) is 37.8 Å². The first-order chi connectivity index (χ1) is 8.92. The van der Waals surface area contributed by atoms with E-state index in [1.54, 1.807) is 0 Å². The fourth-order valence-electron chi connectivity index (χ4n) is 3.62. The molecule has 19 heavy (non-hydrogen) atoms. The maximum Gasteiger partial charge on any atom is 0.408 e. The summed E-state index contributed by atoms with van der Waals surface area (Å²) in [6.07, 6.45) is 1.88. The number of aliphatic hydroxyl groups is 1. The third kappa shape index (κ3) is 1.70. The van der Waals surface area contributed by atoms with Crippen LogP contribution in [0.1, 0.15) is 31.4 Å². The van der Waals surface area contributed by atoms with Gasteiger partial charge in [-0.25, -0.2) is 9.18 Å². The summed E-state index contributed by atoms with van der Waals surface area (Å²) in [5, 5.41) is 19.7. The van der Waals surface area contributed by atoms with Gasteiger partial charge in [-0.05, 0) is 31.7 Å². The molecule has 2 saturated heterocycles. The third-order valence-electron chi connectivity index (χ3n) is 4.36. The number of aliphatic hydroxyl groups excluding tert-OH is 1. The Morgan fingerprint density at radius 2 is 2.26 bits per heavy atom. The number of carboxylic acid groups (broad SMARTS) is 1. The van der Waals surface area contributed by atoms with Crippen molar-refractivity contribution in [3.63, 3.8) is 0 Å². The summed E-state index contributed by atoms with van der Waals surface area (Å²) in [4.78, 5) is 16.4. The van der Waals surface area contributed by atoms with Gasteiger partial charge in [-0.1, -0.05) is 0 Å². The second kappa shape index (κ2) is 3.90. The molecule has 3 aliphatic rings. The monoisotopic (exact) mass is 266 g/mol. The average molecular weight is 266 g/mol. The minimum atomic E-state index is -1.03. The number of rotatable bonds is 2. The molecule has 0 spiro atoms. The smallest absolute Gasteiger partial charge is 0.408 e. The highest BCUT2D eigenvalue weighted by Crippen LogP contribution is 2.57. The molecule has 5 nitrogen and oxygen atoms in total. The van der Waals surface area contributed by atoms with E-state index < -0.39 is 24.1 Å². The summed E-state index contributed by atoms with van der Waals surface area (Å²) in [7, 11) is 0. The highest BCUT2D eigenvalue weighted by molar-refractivity contribution is 5.68. The van der Waals surface area contributed by atoms with Gasteiger partial charge in [0.2, 0.25) is 0 Å². The quantitative estimate of drug-likeness (QED) is 0.855. The Bertz CT molecular complexity index is 530. The van der Waals surface area contributed by atoms with E-state index in [0.29, 0.717) is 5.56 Å². The van der Waals surface area contributed by atoms with Gasteiger partial charge in [-0.2, -0.15) is 0 Å². The lowest BCUT2D eigenvalue weighted by Crippen LogP contribution is -2.47. The number of aromatic nitrogens is 1. The number of halogens is 1. The Kier molecular flexibility index (Phi) is 2.53. The minimum Gasteiger partial charge on any atom is -0.465 e. The van der Waals surface area contributed by atoms with Gasteiger partial charge < -0.3 is 10.2 Å². The number of hydrogen-bond donors (Lipinski definition) is 2. The van der Waals surface area contributed by atoms with Gasteiger partial charge in [0.15, 0.2) is 0 Å². The molecule has 2 N–H and O–H groups in total. The fraction of sp³-hybridized carbons (Fsp3) is 0.538. The summed E-state index contributed by atoms with van der Waals surface area (Å²) >= 11 is 0. The first kappa shape index (κ1) is 12.3. The maximum atomic E-state index is 13.1. The lowest BCUT2D eigenvalue weighted by atomic mass is 9.72. The van der Waals surface area contributed by atoms with Crippen LogP contribution in [0, 0.1) is 11.7 Å². The largest absolute Gasteiger partial charge is 0.465 e. The zero-order chi connectivity index (χ0) is 13.8. The molecule has 2 bridgehead atoms. The lowest BCUT2D eigenvalue weighted by molar-refractivity contribution is 0.0512. The molecule has 4 rings (SSSR count). The first-order valence-corrected chi connectivity index (χ1v) is 6.23. The van der Waals surface area contributed by atoms with E-state index in [1.165, 1.54) is 17.2 Å². The van der Waals surface area contributed by atoms with Crippen molar-refractivity contribution in [2.75, 3.05) is 0 Å². The summed E-state index contributed by atoms with van der Waals surface area (Å²) in [5.74, 6) is -0.394. The Labute approximate surface area is 109 Å². The van der Waals surface area contributed by atoms with Gasteiger partial charge in [-0.15, -0.1) is 0 Å².